The van der Waals surface area contributed by atoms with Crippen LogP contribution in [0.2, 0.25) is 0 Å². The van der Waals surface area contributed by atoms with E-state index >= 15 is 0 Å². The summed E-state index contributed by atoms with van der Waals surface area (Å²) in [6.07, 6.45) is 14.2. The predicted octanol–water partition coefficient (Wildman–Crippen LogP) is 6.48. The van der Waals surface area contributed by atoms with Crippen molar-refractivity contribution in [2.75, 3.05) is 13.6 Å². The molecule has 3 fully saturated rings. The molecule has 5 nitrogen and oxygen atoms in total. The number of fused-ring (bicyclic) bond motifs is 5. The predicted molar refractivity (Wildman–Crippen MR) is 127 cm³/mol. The highest BCUT2D eigenvalue weighted by atomic mass is 16.3. The van der Waals surface area contributed by atoms with E-state index in [1.165, 1.54) is 38.5 Å². The third kappa shape index (κ3) is 4.07. The average Bonchev–Trinajstić information content (AvgIpc) is 3.05. The lowest BCUT2D eigenvalue weighted by molar-refractivity contribution is -0.0565. The highest BCUT2D eigenvalue weighted by Gasteiger charge is 2.59. The Labute approximate surface area is 189 Å². The number of hydrogen-bond donors (Lipinski definition) is 1. The summed E-state index contributed by atoms with van der Waals surface area (Å²) >= 11 is 0. The second kappa shape index (κ2) is 8.39. The van der Waals surface area contributed by atoms with Crippen LogP contribution in [0.5, 0.6) is 0 Å². The van der Waals surface area contributed by atoms with Gasteiger partial charge in [0, 0.05) is 16.5 Å². The molecule has 174 valence electrons. The van der Waals surface area contributed by atoms with Gasteiger partial charge in [-0.1, -0.05) is 44.5 Å². The van der Waals surface area contributed by atoms with Crippen molar-refractivity contribution >= 4 is 0 Å². The van der Waals surface area contributed by atoms with Crippen LogP contribution in [-0.4, -0.2) is 41.3 Å². The van der Waals surface area contributed by atoms with Crippen molar-refractivity contribution in [3.8, 4) is 0 Å². The Morgan fingerprint density at radius 2 is 1.97 bits per heavy atom. The van der Waals surface area contributed by atoms with Crippen LogP contribution < -0.4 is 0 Å². The zero-order chi connectivity index (χ0) is 22.4. The lowest BCUT2D eigenvalue weighted by Crippen LogP contribution is -2.53. The molecule has 0 amide bonds. The van der Waals surface area contributed by atoms with E-state index in [1.807, 2.05) is 13.8 Å². The Morgan fingerprint density at radius 1 is 1.19 bits per heavy atom. The van der Waals surface area contributed by atoms with Gasteiger partial charge in [-0.15, -0.1) is 0 Å². The first kappa shape index (κ1) is 23.1. The van der Waals surface area contributed by atoms with Crippen LogP contribution >= 0.6 is 0 Å². The largest absolute Gasteiger partial charge is 0.393 e. The number of nitrogens with zero attached hydrogens (tertiary/aromatic N) is 4. The zero-order valence-corrected chi connectivity index (χ0v) is 20.5. The van der Waals surface area contributed by atoms with Gasteiger partial charge >= 0.3 is 0 Å². The second-order valence-electron chi connectivity index (χ2n) is 12.4. The van der Waals surface area contributed by atoms with Crippen LogP contribution in [-0.2, 0) is 0 Å². The summed E-state index contributed by atoms with van der Waals surface area (Å²) in [5.74, 6) is 2.47. The molecule has 0 radical (unpaired) electrons. The molecule has 0 aromatic carbocycles. The van der Waals surface area contributed by atoms with Crippen LogP contribution in [0.15, 0.2) is 16.8 Å². The van der Waals surface area contributed by atoms with Crippen LogP contribution in [0.1, 0.15) is 91.9 Å². The maximum Gasteiger partial charge on any atom is 0.0577 e. The molecule has 0 aromatic rings. The molecule has 0 saturated heterocycles. The molecule has 4 aliphatic rings. The molecule has 3 saturated carbocycles. The lowest BCUT2D eigenvalue weighted by Gasteiger charge is -2.58. The standard InChI is InChI=1S/C26H44N4O/c1-24(2,28-29-27)13-6-16-30(5)23-10-9-21-20-8-7-18-17-19(31)11-14-25(18,3)22(20)12-15-26(21,23)4/h7,19-23,31H,6,8-17H2,1-5H3/t19-,20?,21?,22?,23?,25-,26-/m0/s1. The summed E-state index contributed by atoms with van der Waals surface area (Å²) in [5, 5.41) is 14.2. The minimum absolute atomic E-state index is 0.113. The van der Waals surface area contributed by atoms with Crippen molar-refractivity contribution in [1.82, 2.24) is 4.90 Å². The maximum atomic E-state index is 10.2. The van der Waals surface area contributed by atoms with Crippen LogP contribution in [0.25, 0.3) is 10.4 Å². The van der Waals surface area contributed by atoms with Crippen molar-refractivity contribution in [2.24, 2.45) is 33.7 Å². The molecule has 4 unspecified atom stereocenters. The Hall–Kier alpha value is -1.03. The van der Waals surface area contributed by atoms with Crippen molar-refractivity contribution in [1.29, 1.82) is 0 Å². The number of allylic oxidation sites excluding steroid dienone is 1. The minimum Gasteiger partial charge on any atom is -0.393 e. The van der Waals surface area contributed by atoms with Crippen LogP contribution in [0.4, 0.5) is 0 Å². The lowest BCUT2D eigenvalue weighted by atomic mass is 9.48. The zero-order valence-electron chi connectivity index (χ0n) is 20.5. The third-order valence-electron chi connectivity index (χ3n) is 10.2. The van der Waals surface area contributed by atoms with Crippen molar-refractivity contribution < 1.29 is 5.11 Å². The quantitative estimate of drug-likeness (QED) is 0.227. The smallest absolute Gasteiger partial charge is 0.0577 e. The van der Waals surface area contributed by atoms with Gasteiger partial charge in [0.05, 0.1) is 6.10 Å². The molecule has 0 spiro atoms. The first-order chi connectivity index (χ1) is 14.6. The Kier molecular flexibility index (Phi) is 6.26. The summed E-state index contributed by atoms with van der Waals surface area (Å²) in [5.41, 5.74) is 10.8. The van der Waals surface area contributed by atoms with E-state index in [1.54, 1.807) is 5.57 Å². The number of aliphatic hydroxyl groups excluding tert-OH is 1. The number of azide groups is 1. The normalized spacial score (nSPS) is 42.3. The van der Waals surface area contributed by atoms with E-state index in [9.17, 15) is 5.11 Å². The van der Waals surface area contributed by atoms with Gasteiger partial charge in [0.25, 0.3) is 0 Å². The topological polar surface area (TPSA) is 72.2 Å². The molecule has 5 heteroatoms. The van der Waals surface area contributed by atoms with Gasteiger partial charge in [0.2, 0.25) is 0 Å². The third-order valence-corrected chi connectivity index (χ3v) is 10.2. The monoisotopic (exact) mass is 428 g/mol. The molecule has 0 aliphatic heterocycles. The first-order valence-electron chi connectivity index (χ1n) is 12.7. The van der Waals surface area contributed by atoms with Gasteiger partial charge in [0.1, 0.15) is 0 Å². The van der Waals surface area contributed by atoms with E-state index < -0.39 is 0 Å². The molecule has 1 N–H and O–H groups in total. The van der Waals surface area contributed by atoms with Gasteiger partial charge in [-0.25, -0.2) is 0 Å². The van der Waals surface area contributed by atoms with E-state index in [0.29, 0.717) is 16.9 Å². The molecule has 0 bridgehead atoms. The fourth-order valence-electron chi connectivity index (χ4n) is 8.43. The molecule has 7 atom stereocenters. The van der Waals surface area contributed by atoms with Gasteiger partial charge in [-0.3, -0.25) is 0 Å². The summed E-state index contributed by atoms with van der Waals surface area (Å²) < 4.78 is 0. The van der Waals surface area contributed by atoms with Crippen LogP contribution in [0, 0.1) is 28.6 Å². The number of rotatable bonds is 6. The Balaban J connectivity index is 1.44. The van der Waals surface area contributed by atoms with Crippen molar-refractivity contribution in [2.45, 2.75) is 110 Å². The number of aliphatic hydroxyl groups is 1. The fourth-order valence-corrected chi connectivity index (χ4v) is 8.43. The van der Waals surface area contributed by atoms with Crippen LogP contribution in [0.3, 0.4) is 0 Å². The summed E-state index contributed by atoms with van der Waals surface area (Å²) in [6, 6.07) is 0.674. The molecular formula is C26H44N4O. The molecule has 0 heterocycles. The summed E-state index contributed by atoms with van der Waals surface area (Å²) in [6.45, 7) is 10.3. The molecule has 0 aromatic heterocycles. The Bertz CT molecular complexity index is 757. The highest BCUT2D eigenvalue weighted by molar-refractivity contribution is 5.25. The maximum absolute atomic E-state index is 10.2. The number of hydrogen-bond acceptors (Lipinski definition) is 3. The average molecular weight is 429 g/mol. The minimum atomic E-state index is -0.287. The SMILES string of the molecule is CN(CCCC(C)(C)N=[N+]=[N-])C1CCC2C3CC=C4C[C@@H](O)CC[C@]4(C)C3CC[C@@]21C. The van der Waals surface area contributed by atoms with Gasteiger partial charge in [-0.2, -0.15) is 0 Å². The van der Waals surface area contributed by atoms with Gasteiger partial charge < -0.3 is 10.0 Å². The van der Waals surface area contributed by atoms with E-state index in [-0.39, 0.29) is 11.6 Å². The van der Waals surface area contributed by atoms with Gasteiger partial charge in [0.15, 0.2) is 0 Å². The fraction of sp³-hybridized carbons (Fsp3) is 0.923. The second-order valence-corrected chi connectivity index (χ2v) is 12.4. The Morgan fingerprint density at radius 3 is 2.71 bits per heavy atom. The molecule has 4 aliphatic carbocycles. The van der Waals surface area contributed by atoms with E-state index in [2.05, 4.69) is 41.9 Å². The van der Waals surface area contributed by atoms with E-state index in [0.717, 1.165) is 50.0 Å². The van der Waals surface area contributed by atoms with E-state index in [4.69, 9.17) is 5.53 Å². The molecule has 31 heavy (non-hydrogen) atoms. The summed E-state index contributed by atoms with van der Waals surface area (Å²) in [7, 11) is 2.33. The summed E-state index contributed by atoms with van der Waals surface area (Å²) in [4.78, 5) is 5.65. The molecule has 4 rings (SSSR count). The van der Waals surface area contributed by atoms with Gasteiger partial charge in [-0.05, 0) is 112 Å². The molecular weight excluding hydrogens is 384 g/mol. The van der Waals surface area contributed by atoms with Crippen molar-refractivity contribution in [3.63, 3.8) is 0 Å². The first-order valence-corrected chi connectivity index (χ1v) is 12.7. The van der Waals surface area contributed by atoms with Crippen molar-refractivity contribution in [3.05, 3.63) is 22.1 Å². The highest BCUT2D eigenvalue weighted by Crippen LogP contribution is 2.65.